The van der Waals surface area contributed by atoms with Crippen molar-refractivity contribution in [2.24, 2.45) is 0 Å². The number of carbonyl (C=O) groups is 2. The first-order valence-electron chi connectivity index (χ1n) is 10.4. The minimum absolute atomic E-state index is 0.0433. The van der Waals surface area contributed by atoms with Crippen LogP contribution in [-0.2, 0) is 14.3 Å². The number of hydrogen-bond acceptors (Lipinski definition) is 5. The molecule has 0 spiro atoms. The molecule has 1 aromatic rings. The van der Waals surface area contributed by atoms with Gasteiger partial charge in [0.2, 0.25) is 6.41 Å². The van der Waals surface area contributed by atoms with Crippen LogP contribution in [-0.4, -0.2) is 49.1 Å². The summed E-state index contributed by atoms with van der Waals surface area (Å²) >= 11 is 0. The summed E-state index contributed by atoms with van der Waals surface area (Å²) in [6.07, 6.45) is 8.86. The molecule has 1 amide bonds. The van der Waals surface area contributed by atoms with Crippen molar-refractivity contribution in [3.63, 3.8) is 0 Å². The second kappa shape index (κ2) is 10.7. The van der Waals surface area contributed by atoms with Crippen molar-refractivity contribution in [1.82, 2.24) is 10.6 Å². The first-order valence-corrected chi connectivity index (χ1v) is 10.4. The van der Waals surface area contributed by atoms with E-state index >= 15 is 0 Å². The number of allylic oxidation sites excluding steroid dienone is 3. The third-order valence-electron chi connectivity index (χ3n) is 5.64. The van der Waals surface area contributed by atoms with Gasteiger partial charge in [0.1, 0.15) is 12.6 Å². The molecule has 0 aliphatic heterocycles. The van der Waals surface area contributed by atoms with E-state index in [9.17, 15) is 14.7 Å². The fraction of sp³-hybridized carbons (Fsp3) is 0.435. The Morgan fingerprint density at radius 3 is 2.97 bits per heavy atom. The average Bonchev–Trinajstić information content (AvgIpc) is 3.07. The van der Waals surface area contributed by atoms with E-state index in [0.717, 1.165) is 12.8 Å². The van der Waals surface area contributed by atoms with Gasteiger partial charge in [0.05, 0.1) is 6.54 Å². The molecule has 30 heavy (non-hydrogen) atoms. The molecule has 2 unspecified atom stereocenters. The number of nitrogens with one attached hydrogen (secondary N) is 3. The van der Waals surface area contributed by atoms with Crippen molar-refractivity contribution in [2.45, 2.75) is 44.1 Å². The molecule has 2 atom stereocenters. The summed E-state index contributed by atoms with van der Waals surface area (Å²) in [5.41, 5.74) is 5.13. The van der Waals surface area contributed by atoms with Crippen molar-refractivity contribution in [3.8, 4) is 0 Å². The highest BCUT2D eigenvalue weighted by atomic mass is 16.5. The fourth-order valence-corrected chi connectivity index (χ4v) is 4.13. The van der Waals surface area contributed by atoms with Gasteiger partial charge in [0.15, 0.2) is 5.90 Å². The number of aliphatic carboxylic acids is 1. The molecule has 7 nitrogen and oxygen atoms in total. The Labute approximate surface area is 176 Å². The maximum atomic E-state index is 11.4. The highest BCUT2D eigenvalue weighted by Crippen LogP contribution is 2.46. The molecule has 0 bridgehead atoms. The van der Waals surface area contributed by atoms with Gasteiger partial charge in [0, 0.05) is 12.5 Å². The normalized spacial score (nSPS) is 17.8. The predicted octanol–water partition coefficient (Wildman–Crippen LogP) is 2.84. The first kappa shape index (κ1) is 21.8. The quantitative estimate of drug-likeness (QED) is 0.183. The molecule has 0 aromatic heterocycles. The van der Waals surface area contributed by atoms with Gasteiger partial charge < -0.3 is 15.2 Å². The summed E-state index contributed by atoms with van der Waals surface area (Å²) in [6, 6.07) is 7.59. The summed E-state index contributed by atoms with van der Waals surface area (Å²) in [4.78, 5) is 21.7. The third-order valence-corrected chi connectivity index (χ3v) is 5.64. The highest BCUT2D eigenvalue weighted by molar-refractivity contribution is 5.85. The monoisotopic (exact) mass is 411 g/mol. The lowest BCUT2D eigenvalue weighted by molar-refractivity contribution is -0.139. The first-order chi connectivity index (χ1) is 14.6. The lowest BCUT2D eigenvalue weighted by Crippen LogP contribution is -2.40. The lowest BCUT2D eigenvalue weighted by Gasteiger charge is -2.20. The van der Waals surface area contributed by atoms with Gasteiger partial charge >= 0.3 is 5.97 Å². The average molecular weight is 412 g/mol. The lowest BCUT2D eigenvalue weighted by atomic mass is 9.91. The van der Waals surface area contributed by atoms with Gasteiger partial charge in [-0.25, -0.2) is 0 Å². The molecular formula is C23H29N3O4. The summed E-state index contributed by atoms with van der Waals surface area (Å²) in [5.74, 6) is -0.761. The molecule has 0 radical (unpaired) electrons. The molecule has 4 N–H and O–H groups in total. The van der Waals surface area contributed by atoms with Crippen LogP contribution in [0, 0.1) is 5.41 Å². The van der Waals surface area contributed by atoms with Gasteiger partial charge in [-0.05, 0) is 48.8 Å². The summed E-state index contributed by atoms with van der Waals surface area (Å²) in [7, 11) is 0. The van der Waals surface area contributed by atoms with E-state index in [1.165, 1.54) is 22.3 Å². The number of fused-ring (bicyclic) bond motifs is 2. The standard InChI is InChI=1S/C23H29N3O4/c24-22(13-26-21(23(28)29)11-5-6-12-25-15-27)30-14-20-18-9-3-1-7-16(18)17-8-2-4-10-19(17)20/h1-3,7-9,15,20-21,24,26H,4-6,10-14H2,(H,25,27)(H,28,29). The van der Waals surface area contributed by atoms with Crippen LogP contribution in [0.3, 0.4) is 0 Å². The van der Waals surface area contributed by atoms with Crippen LogP contribution in [0.25, 0.3) is 5.57 Å². The van der Waals surface area contributed by atoms with Crippen molar-refractivity contribution >= 4 is 23.9 Å². The maximum absolute atomic E-state index is 11.4. The summed E-state index contributed by atoms with van der Waals surface area (Å²) < 4.78 is 5.74. The zero-order chi connectivity index (χ0) is 21.3. The second-order valence-corrected chi connectivity index (χ2v) is 7.59. The number of amides is 1. The minimum Gasteiger partial charge on any atom is -0.480 e. The van der Waals surface area contributed by atoms with E-state index in [1.54, 1.807) is 0 Å². The number of ether oxygens (including phenoxy) is 1. The zero-order valence-corrected chi connectivity index (χ0v) is 17.0. The van der Waals surface area contributed by atoms with E-state index in [-0.39, 0.29) is 18.4 Å². The maximum Gasteiger partial charge on any atom is 0.320 e. The molecule has 1 aromatic carbocycles. The van der Waals surface area contributed by atoms with Crippen molar-refractivity contribution in [1.29, 1.82) is 5.41 Å². The molecule has 0 saturated heterocycles. The van der Waals surface area contributed by atoms with E-state index in [0.29, 0.717) is 38.8 Å². The minimum atomic E-state index is -0.945. The number of unbranched alkanes of at least 4 members (excludes halogenated alkanes) is 1. The number of rotatable bonds is 12. The van der Waals surface area contributed by atoms with Gasteiger partial charge in [-0.1, -0.05) is 42.0 Å². The highest BCUT2D eigenvalue weighted by Gasteiger charge is 2.31. The summed E-state index contributed by atoms with van der Waals surface area (Å²) in [6.45, 7) is 0.994. The Balaban J connectivity index is 1.49. The summed E-state index contributed by atoms with van der Waals surface area (Å²) in [5, 5.41) is 22.9. The molecule has 7 heteroatoms. The topological polar surface area (TPSA) is 112 Å². The van der Waals surface area contributed by atoms with Crippen LogP contribution in [0.5, 0.6) is 0 Å². The van der Waals surface area contributed by atoms with Crippen LogP contribution in [0.15, 0.2) is 42.0 Å². The second-order valence-electron chi connectivity index (χ2n) is 7.59. The van der Waals surface area contributed by atoms with Crippen LogP contribution < -0.4 is 10.6 Å². The van der Waals surface area contributed by atoms with Crippen LogP contribution in [0.4, 0.5) is 0 Å². The fourth-order valence-electron chi connectivity index (χ4n) is 4.13. The molecular weight excluding hydrogens is 382 g/mol. The van der Waals surface area contributed by atoms with Crippen molar-refractivity contribution < 1.29 is 19.4 Å². The van der Waals surface area contributed by atoms with Crippen LogP contribution >= 0.6 is 0 Å². The largest absolute Gasteiger partial charge is 0.480 e. The Hall–Kier alpha value is -2.93. The van der Waals surface area contributed by atoms with Gasteiger partial charge in [0.25, 0.3) is 0 Å². The zero-order valence-electron chi connectivity index (χ0n) is 17.0. The number of hydrogen-bond donors (Lipinski definition) is 4. The number of carboxylic acids is 1. The number of benzene rings is 1. The van der Waals surface area contributed by atoms with E-state index < -0.39 is 12.0 Å². The molecule has 0 fully saturated rings. The Kier molecular flexibility index (Phi) is 7.79. The number of carboxylic acid groups (broad SMARTS) is 1. The van der Waals surface area contributed by atoms with E-state index in [4.69, 9.17) is 10.1 Å². The smallest absolute Gasteiger partial charge is 0.320 e. The molecule has 2 aliphatic rings. The molecule has 160 valence electrons. The van der Waals surface area contributed by atoms with Gasteiger partial charge in [-0.3, -0.25) is 20.3 Å². The molecule has 3 rings (SSSR count). The van der Waals surface area contributed by atoms with Crippen LogP contribution in [0.2, 0.25) is 0 Å². The molecule has 0 heterocycles. The third kappa shape index (κ3) is 5.36. The molecule has 0 saturated carbocycles. The Bertz CT molecular complexity index is 847. The predicted molar refractivity (Wildman–Crippen MR) is 115 cm³/mol. The van der Waals surface area contributed by atoms with Crippen molar-refractivity contribution in [2.75, 3.05) is 19.7 Å². The van der Waals surface area contributed by atoms with Crippen LogP contribution in [0.1, 0.15) is 49.1 Å². The number of carbonyl (C=O) groups excluding carboxylic acids is 1. The molecule has 2 aliphatic carbocycles. The Morgan fingerprint density at radius 2 is 2.17 bits per heavy atom. The SMILES string of the molecule is N=C(CNC(CCCCNC=O)C(=O)O)OCC1C2=C(C=CCC2)c2ccccc21. The van der Waals surface area contributed by atoms with Gasteiger partial charge in [-0.2, -0.15) is 0 Å². The van der Waals surface area contributed by atoms with Crippen molar-refractivity contribution in [3.05, 3.63) is 53.1 Å². The van der Waals surface area contributed by atoms with E-state index in [2.05, 4.69) is 34.9 Å². The van der Waals surface area contributed by atoms with E-state index in [1.807, 2.05) is 12.1 Å². The Morgan fingerprint density at radius 1 is 1.33 bits per heavy atom. The van der Waals surface area contributed by atoms with Gasteiger partial charge in [-0.15, -0.1) is 0 Å².